The maximum Gasteiger partial charge on any atom is 0.143 e. The number of aromatic amines is 1. The normalized spacial score (nSPS) is 16.7. The van der Waals surface area contributed by atoms with Crippen LogP contribution in [-0.4, -0.2) is 49.7 Å². The fraction of sp³-hybridized carbons (Fsp3) is 0.500. The molecule has 1 fully saturated rings. The number of piperazine rings is 1. The van der Waals surface area contributed by atoms with Crippen molar-refractivity contribution in [2.24, 2.45) is 0 Å². The van der Waals surface area contributed by atoms with Crippen molar-refractivity contribution >= 4 is 10.9 Å². The number of aromatic nitrogens is 1. The van der Waals surface area contributed by atoms with Gasteiger partial charge in [-0.15, -0.1) is 0 Å². The monoisotopic (exact) mass is 273 g/mol. The zero-order chi connectivity index (χ0) is 13.9. The third-order valence-corrected chi connectivity index (χ3v) is 4.17. The Bertz CT molecular complexity index is 585. The van der Waals surface area contributed by atoms with Gasteiger partial charge in [0.1, 0.15) is 5.75 Å². The molecule has 2 N–H and O–H groups in total. The van der Waals surface area contributed by atoms with Gasteiger partial charge in [0.05, 0.1) is 12.6 Å². The van der Waals surface area contributed by atoms with Crippen LogP contribution in [0.3, 0.4) is 0 Å². The van der Waals surface area contributed by atoms with E-state index >= 15 is 0 Å². The highest BCUT2D eigenvalue weighted by atomic mass is 16.5. The number of hydrogen-bond donors (Lipinski definition) is 2. The molecule has 2 heterocycles. The van der Waals surface area contributed by atoms with Crippen LogP contribution in [0.2, 0.25) is 0 Å². The van der Waals surface area contributed by atoms with Crippen molar-refractivity contribution in [1.82, 2.24) is 15.2 Å². The lowest BCUT2D eigenvalue weighted by molar-refractivity contribution is 0.244. The first-order chi connectivity index (χ1) is 9.78. The topological polar surface area (TPSA) is 40.3 Å². The van der Waals surface area contributed by atoms with E-state index in [1.165, 1.54) is 16.5 Å². The highest BCUT2D eigenvalue weighted by molar-refractivity contribution is 5.89. The Morgan fingerprint density at radius 1 is 1.25 bits per heavy atom. The molecule has 108 valence electrons. The van der Waals surface area contributed by atoms with Gasteiger partial charge in [-0.2, -0.15) is 0 Å². The SMILES string of the molecule is COc1cc(CCN2CCNCC2)cc2c(C)c[nH]c12. The summed E-state index contributed by atoms with van der Waals surface area (Å²) in [6, 6.07) is 4.46. The van der Waals surface area contributed by atoms with E-state index in [0.717, 1.165) is 50.4 Å². The Hall–Kier alpha value is -1.52. The number of ether oxygens (including phenoxy) is 1. The van der Waals surface area contributed by atoms with Crippen molar-refractivity contribution in [3.8, 4) is 5.75 Å². The van der Waals surface area contributed by atoms with Gasteiger partial charge in [0, 0.05) is 44.3 Å². The molecule has 1 saturated heterocycles. The Balaban J connectivity index is 1.78. The zero-order valence-corrected chi connectivity index (χ0v) is 12.3. The number of fused-ring (bicyclic) bond motifs is 1. The van der Waals surface area contributed by atoms with Gasteiger partial charge in [0.15, 0.2) is 0 Å². The lowest BCUT2D eigenvalue weighted by atomic mass is 10.1. The van der Waals surface area contributed by atoms with Crippen LogP contribution in [0.25, 0.3) is 10.9 Å². The Kier molecular flexibility index (Phi) is 3.94. The predicted octanol–water partition coefficient (Wildman–Crippen LogP) is 1.93. The lowest BCUT2D eigenvalue weighted by Gasteiger charge is -2.27. The molecule has 0 unspecified atom stereocenters. The Morgan fingerprint density at radius 2 is 2.05 bits per heavy atom. The molecular formula is C16H23N3O. The maximum atomic E-state index is 5.52. The van der Waals surface area contributed by atoms with Crippen molar-refractivity contribution in [1.29, 1.82) is 0 Å². The number of hydrogen-bond acceptors (Lipinski definition) is 3. The van der Waals surface area contributed by atoms with E-state index in [1.54, 1.807) is 7.11 Å². The van der Waals surface area contributed by atoms with Crippen molar-refractivity contribution in [3.05, 3.63) is 29.5 Å². The third-order valence-electron chi connectivity index (χ3n) is 4.17. The van der Waals surface area contributed by atoms with E-state index in [0.29, 0.717) is 0 Å². The number of benzene rings is 1. The Morgan fingerprint density at radius 3 is 2.80 bits per heavy atom. The summed E-state index contributed by atoms with van der Waals surface area (Å²) in [4.78, 5) is 5.82. The molecule has 4 heteroatoms. The molecule has 0 bridgehead atoms. The molecule has 1 aliphatic rings. The quantitative estimate of drug-likeness (QED) is 0.894. The first-order valence-electron chi connectivity index (χ1n) is 7.35. The van der Waals surface area contributed by atoms with Gasteiger partial charge >= 0.3 is 0 Å². The second-order valence-electron chi connectivity index (χ2n) is 5.53. The summed E-state index contributed by atoms with van der Waals surface area (Å²) in [6.45, 7) is 7.79. The van der Waals surface area contributed by atoms with Gasteiger partial charge in [-0.05, 0) is 36.6 Å². The van der Waals surface area contributed by atoms with Crippen LogP contribution in [0.4, 0.5) is 0 Å². The summed E-state index contributed by atoms with van der Waals surface area (Å²) in [5.41, 5.74) is 3.74. The van der Waals surface area contributed by atoms with Crippen LogP contribution in [0.5, 0.6) is 5.75 Å². The summed E-state index contributed by atoms with van der Waals surface area (Å²) >= 11 is 0. The van der Waals surface area contributed by atoms with Crippen LogP contribution in [0.15, 0.2) is 18.3 Å². The molecule has 3 rings (SSSR count). The average Bonchev–Trinajstić information content (AvgIpc) is 2.87. The largest absolute Gasteiger partial charge is 0.495 e. The first-order valence-corrected chi connectivity index (χ1v) is 7.35. The molecule has 20 heavy (non-hydrogen) atoms. The molecule has 1 aromatic carbocycles. The van der Waals surface area contributed by atoms with Crippen LogP contribution in [0.1, 0.15) is 11.1 Å². The van der Waals surface area contributed by atoms with Gasteiger partial charge in [-0.1, -0.05) is 0 Å². The van der Waals surface area contributed by atoms with Gasteiger partial charge in [0.25, 0.3) is 0 Å². The summed E-state index contributed by atoms with van der Waals surface area (Å²) in [5, 5.41) is 4.67. The third kappa shape index (κ3) is 2.67. The number of nitrogens with zero attached hydrogens (tertiary/aromatic N) is 1. The molecule has 0 radical (unpaired) electrons. The number of rotatable bonds is 4. The fourth-order valence-electron chi connectivity index (χ4n) is 2.92. The standard InChI is InChI=1S/C16H23N3O/c1-12-11-18-16-14(12)9-13(10-15(16)20-2)3-6-19-7-4-17-5-8-19/h9-11,17-18H,3-8H2,1-2H3. The zero-order valence-electron chi connectivity index (χ0n) is 12.3. The second kappa shape index (κ2) is 5.85. The molecule has 0 aliphatic carbocycles. The number of methoxy groups -OCH3 is 1. The second-order valence-corrected chi connectivity index (χ2v) is 5.53. The van der Waals surface area contributed by atoms with Gasteiger partial charge < -0.3 is 19.9 Å². The van der Waals surface area contributed by atoms with E-state index in [9.17, 15) is 0 Å². The molecule has 4 nitrogen and oxygen atoms in total. The van der Waals surface area contributed by atoms with Crippen molar-refractivity contribution < 1.29 is 4.74 Å². The van der Waals surface area contributed by atoms with E-state index in [1.807, 2.05) is 6.20 Å². The number of H-pyrrole nitrogens is 1. The van der Waals surface area contributed by atoms with Crippen LogP contribution >= 0.6 is 0 Å². The molecule has 0 saturated carbocycles. The van der Waals surface area contributed by atoms with Gasteiger partial charge in [0.2, 0.25) is 0 Å². The van der Waals surface area contributed by atoms with E-state index in [-0.39, 0.29) is 0 Å². The Labute approximate surface area is 120 Å². The lowest BCUT2D eigenvalue weighted by Crippen LogP contribution is -2.44. The predicted molar refractivity (Wildman–Crippen MR) is 82.6 cm³/mol. The highest BCUT2D eigenvalue weighted by Crippen LogP contribution is 2.29. The van der Waals surface area contributed by atoms with Gasteiger partial charge in [-0.3, -0.25) is 0 Å². The first kappa shape index (κ1) is 13.5. The molecule has 1 aromatic heterocycles. The summed E-state index contributed by atoms with van der Waals surface area (Å²) < 4.78 is 5.52. The fourth-order valence-corrected chi connectivity index (χ4v) is 2.92. The minimum Gasteiger partial charge on any atom is -0.495 e. The maximum absolute atomic E-state index is 5.52. The van der Waals surface area contributed by atoms with Crippen molar-refractivity contribution in [3.63, 3.8) is 0 Å². The minimum absolute atomic E-state index is 0.950. The minimum atomic E-state index is 0.950. The van der Waals surface area contributed by atoms with Crippen molar-refractivity contribution in [2.75, 3.05) is 39.8 Å². The molecule has 1 aliphatic heterocycles. The molecule has 0 atom stereocenters. The number of nitrogens with one attached hydrogen (secondary N) is 2. The van der Waals surface area contributed by atoms with E-state index in [2.05, 4.69) is 34.3 Å². The summed E-state index contributed by atoms with van der Waals surface area (Å²) in [7, 11) is 1.74. The van der Waals surface area contributed by atoms with Crippen molar-refractivity contribution in [2.45, 2.75) is 13.3 Å². The van der Waals surface area contributed by atoms with E-state index < -0.39 is 0 Å². The number of aryl methyl sites for hydroxylation is 1. The smallest absolute Gasteiger partial charge is 0.143 e. The highest BCUT2D eigenvalue weighted by Gasteiger charge is 2.11. The summed E-state index contributed by atoms with van der Waals surface area (Å²) in [5.74, 6) is 0.950. The molecule has 0 spiro atoms. The van der Waals surface area contributed by atoms with Crippen LogP contribution in [-0.2, 0) is 6.42 Å². The average molecular weight is 273 g/mol. The summed E-state index contributed by atoms with van der Waals surface area (Å²) in [6.07, 6.45) is 3.13. The van der Waals surface area contributed by atoms with Crippen LogP contribution in [0, 0.1) is 6.92 Å². The van der Waals surface area contributed by atoms with E-state index in [4.69, 9.17) is 4.74 Å². The van der Waals surface area contributed by atoms with Gasteiger partial charge in [-0.25, -0.2) is 0 Å². The molecule has 0 amide bonds. The van der Waals surface area contributed by atoms with Crippen LogP contribution < -0.4 is 10.1 Å². The molecular weight excluding hydrogens is 250 g/mol. The molecule has 2 aromatic rings.